The Bertz CT molecular complexity index is 1090. The fraction of sp³-hybridized carbons (Fsp3) is 0.333. The molecule has 0 radical (unpaired) electrons. The van der Waals surface area contributed by atoms with Crippen molar-refractivity contribution < 1.29 is 18.4 Å². The van der Waals surface area contributed by atoms with Crippen LogP contribution < -0.4 is 10.0 Å². The van der Waals surface area contributed by atoms with E-state index < -0.39 is 16.1 Å². The molecule has 8 heteroatoms. The molecule has 0 saturated carbocycles. The van der Waals surface area contributed by atoms with Gasteiger partial charge in [-0.2, -0.15) is 0 Å². The van der Waals surface area contributed by atoms with E-state index in [1.54, 1.807) is 13.0 Å². The van der Waals surface area contributed by atoms with Crippen molar-refractivity contribution in [1.82, 2.24) is 4.72 Å². The molecular formula is C21H23N3O4S. The summed E-state index contributed by atoms with van der Waals surface area (Å²) in [7, 11) is -4.07. The number of nitrogens with one attached hydrogen (secondary N) is 2. The number of urea groups is 1. The zero-order chi connectivity index (χ0) is 20.6. The number of benzene rings is 2. The topological polar surface area (TPSA) is 108 Å². The van der Waals surface area contributed by atoms with Crippen molar-refractivity contribution in [2.45, 2.75) is 50.3 Å². The van der Waals surface area contributed by atoms with Crippen molar-refractivity contribution in [3.8, 4) is 0 Å². The van der Waals surface area contributed by atoms with Gasteiger partial charge in [0, 0.05) is 11.3 Å². The van der Waals surface area contributed by atoms with Crippen LogP contribution in [0.4, 0.5) is 10.5 Å². The zero-order valence-corrected chi connectivity index (χ0v) is 17.0. The molecule has 0 spiro atoms. The van der Waals surface area contributed by atoms with Gasteiger partial charge in [-0.25, -0.2) is 17.9 Å². The average Bonchev–Trinajstić information content (AvgIpc) is 3.36. The van der Waals surface area contributed by atoms with Crippen LogP contribution in [-0.2, 0) is 35.7 Å². The third-order valence-electron chi connectivity index (χ3n) is 5.65. The summed E-state index contributed by atoms with van der Waals surface area (Å²) in [5, 5.41) is 14.8. The minimum Gasteiger partial charge on any atom is -0.411 e. The highest BCUT2D eigenvalue weighted by Gasteiger charge is 2.26. The third-order valence-corrected chi connectivity index (χ3v) is 6.98. The molecule has 2 aromatic carbocycles. The van der Waals surface area contributed by atoms with Crippen LogP contribution in [0.2, 0.25) is 0 Å². The molecule has 0 bridgehead atoms. The van der Waals surface area contributed by atoms with Gasteiger partial charge in [-0.05, 0) is 79.8 Å². The molecule has 3 N–H and O–H groups in total. The number of hydrogen-bond donors (Lipinski definition) is 3. The minimum atomic E-state index is -4.07. The average molecular weight is 413 g/mol. The lowest BCUT2D eigenvalue weighted by Gasteiger charge is -2.16. The van der Waals surface area contributed by atoms with Crippen molar-refractivity contribution in [2.75, 3.05) is 5.32 Å². The number of fused-ring (bicyclic) bond motifs is 2. The lowest BCUT2D eigenvalue weighted by Crippen LogP contribution is -2.35. The summed E-state index contributed by atoms with van der Waals surface area (Å²) < 4.78 is 27.5. The highest BCUT2D eigenvalue weighted by molar-refractivity contribution is 7.90. The van der Waals surface area contributed by atoms with Crippen molar-refractivity contribution in [3.63, 3.8) is 0 Å². The first-order valence-corrected chi connectivity index (χ1v) is 11.2. The third kappa shape index (κ3) is 3.72. The summed E-state index contributed by atoms with van der Waals surface area (Å²) in [6, 6.07) is 7.40. The van der Waals surface area contributed by atoms with Crippen LogP contribution >= 0.6 is 0 Å². The van der Waals surface area contributed by atoms with Crippen molar-refractivity contribution in [1.29, 1.82) is 0 Å². The van der Waals surface area contributed by atoms with E-state index in [1.807, 2.05) is 0 Å². The first-order valence-electron chi connectivity index (χ1n) is 9.68. The van der Waals surface area contributed by atoms with Crippen LogP contribution in [0.5, 0.6) is 0 Å². The highest BCUT2D eigenvalue weighted by Crippen LogP contribution is 2.38. The number of nitrogens with zero attached hydrogens (tertiary/aromatic N) is 1. The van der Waals surface area contributed by atoms with E-state index in [2.05, 4.69) is 21.3 Å². The lowest BCUT2D eigenvalue weighted by molar-refractivity contribution is 0.256. The molecule has 29 heavy (non-hydrogen) atoms. The number of carbonyl (C=O) groups is 1. The number of oxime groups is 1. The fourth-order valence-corrected chi connectivity index (χ4v) is 5.19. The van der Waals surface area contributed by atoms with E-state index in [4.69, 9.17) is 5.21 Å². The van der Waals surface area contributed by atoms with Crippen molar-refractivity contribution >= 4 is 27.5 Å². The van der Waals surface area contributed by atoms with Crippen LogP contribution in [-0.4, -0.2) is 25.4 Å². The SMILES string of the molecule is CC(=NO)c1cccc(S(=O)(=O)NC(=O)Nc2c3c(cc4c2CCC4)CCC3)c1. The predicted octanol–water partition coefficient (Wildman–Crippen LogP) is 3.37. The molecule has 0 aliphatic heterocycles. The van der Waals surface area contributed by atoms with Gasteiger partial charge in [-0.1, -0.05) is 23.4 Å². The Hall–Kier alpha value is -2.87. The molecule has 7 nitrogen and oxygen atoms in total. The predicted molar refractivity (Wildman–Crippen MR) is 110 cm³/mol. The van der Waals surface area contributed by atoms with Gasteiger partial charge in [0.1, 0.15) is 0 Å². The Kier molecular flexibility index (Phi) is 5.04. The van der Waals surface area contributed by atoms with Gasteiger partial charge in [-0.3, -0.25) is 0 Å². The second kappa shape index (κ2) is 7.51. The zero-order valence-electron chi connectivity index (χ0n) is 16.2. The first kappa shape index (κ1) is 19.4. The van der Waals surface area contributed by atoms with Gasteiger partial charge in [-0.15, -0.1) is 0 Å². The Morgan fingerprint density at radius 1 is 1.03 bits per heavy atom. The van der Waals surface area contributed by atoms with Crippen LogP contribution in [0.1, 0.15) is 47.6 Å². The Morgan fingerprint density at radius 2 is 1.69 bits per heavy atom. The maximum absolute atomic E-state index is 12.7. The number of amides is 2. The van der Waals surface area contributed by atoms with Gasteiger partial charge in [0.25, 0.3) is 10.0 Å². The van der Waals surface area contributed by atoms with E-state index in [-0.39, 0.29) is 10.6 Å². The summed E-state index contributed by atoms with van der Waals surface area (Å²) in [6.45, 7) is 1.56. The number of rotatable bonds is 4. The fourth-order valence-electron chi connectivity index (χ4n) is 4.23. The molecule has 0 aromatic heterocycles. The second-order valence-corrected chi connectivity index (χ2v) is 9.19. The molecule has 0 heterocycles. The summed E-state index contributed by atoms with van der Waals surface area (Å²) in [6.07, 6.45) is 5.88. The van der Waals surface area contributed by atoms with Gasteiger partial charge in [0.15, 0.2) is 0 Å². The van der Waals surface area contributed by atoms with E-state index in [1.165, 1.54) is 29.3 Å². The smallest absolute Gasteiger partial charge is 0.333 e. The monoisotopic (exact) mass is 413 g/mol. The molecule has 0 unspecified atom stereocenters. The molecule has 2 aliphatic rings. The standard InChI is InChI=1S/C21H23N3O4S/c1-13(23-26)14-5-2-8-17(12-14)29(27,28)24-21(25)22-20-18-9-3-6-15(18)11-16-7-4-10-19(16)20/h2,5,8,11-12,26H,3-4,6-7,9-10H2,1H3,(H2,22,24,25). The quantitative estimate of drug-likeness (QED) is 0.406. The number of sulfonamides is 1. The van der Waals surface area contributed by atoms with E-state index >= 15 is 0 Å². The molecule has 2 amide bonds. The highest BCUT2D eigenvalue weighted by atomic mass is 32.2. The maximum atomic E-state index is 12.7. The molecule has 0 fully saturated rings. The van der Waals surface area contributed by atoms with E-state index in [0.29, 0.717) is 5.56 Å². The van der Waals surface area contributed by atoms with Gasteiger partial charge >= 0.3 is 6.03 Å². The Balaban J connectivity index is 1.58. The largest absolute Gasteiger partial charge is 0.411 e. The van der Waals surface area contributed by atoms with Crippen molar-refractivity contribution in [2.24, 2.45) is 5.16 Å². The van der Waals surface area contributed by atoms with Gasteiger partial charge in [0.2, 0.25) is 0 Å². The lowest BCUT2D eigenvalue weighted by atomic mass is 9.99. The molecule has 0 saturated heterocycles. The molecular weight excluding hydrogens is 390 g/mol. The summed E-state index contributed by atoms with van der Waals surface area (Å²) in [5.41, 5.74) is 6.31. The second-order valence-electron chi connectivity index (χ2n) is 7.51. The number of anilines is 1. The Labute approximate surface area is 169 Å². The normalized spacial score (nSPS) is 15.7. The number of hydrogen-bond acceptors (Lipinski definition) is 5. The minimum absolute atomic E-state index is 0.0725. The summed E-state index contributed by atoms with van der Waals surface area (Å²) in [5.74, 6) is 0. The summed E-state index contributed by atoms with van der Waals surface area (Å²) in [4.78, 5) is 12.5. The van der Waals surface area contributed by atoms with Crippen molar-refractivity contribution in [3.05, 3.63) is 58.1 Å². The van der Waals surface area contributed by atoms with E-state index in [9.17, 15) is 13.2 Å². The Morgan fingerprint density at radius 3 is 2.31 bits per heavy atom. The molecule has 2 aromatic rings. The van der Waals surface area contributed by atoms with Crippen LogP contribution in [0.25, 0.3) is 0 Å². The van der Waals surface area contributed by atoms with Gasteiger partial charge < -0.3 is 10.5 Å². The first-order chi connectivity index (χ1) is 13.9. The van der Waals surface area contributed by atoms with Crippen LogP contribution in [0, 0.1) is 0 Å². The number of aryl methyl sites for hydroxylation is 2. The molecule has 152 valence electrons. The van der Waals surface area contributed by atoms with Crippen LogP contribution in [0.15, 0.2) is 40.4 Å². The maximum Gasteiger partial charge on any atom is 0.333 e. The number of carbonyl (C=O) groups excluding carboxylic acids is 1. The van der Waals surface area contributed by atoms with E-state index in [0.717, 1.165) is 55.3 Å². The van der Waals surface area contributed by atoms with Crippen LogP contribution in [0.3, 0.4) is 0 Å². The van der Waals surface area contributed by atoms with Gasteiger partial charge in [0.05, 0.1) is 10.6 Å². The summed E-state index contributed by atoms with van der Waals surface area (Å²) >= 11 is 0. The molecule has 0 atom stereocenters. The molecule has 4 rings (SSSR count). The molecule has 2 aliphatic carbocycles.